The van der Waals surface area contributed by atoms with E-state index in [-0.39, 0.29) is 37.4 Å². The van der Waals surface area contributed by atoms with E-state index < -0.39 is 5.91 Å². The molecule has 0 bridgehead atoms. The van der Waals surface area contributed by atoms with Crippen LogP contribution in [0.5, 0.6) is 0 Å². The molecule has 2 fully saturated rings. The Morgan fingerprint density at radius 1 is 1.19 bits per heavy atom. The number of carbonyl (C=O) groups excluding carboxylic acids is 3. The van der Waals surface area contributed by atoms with Gasteiger partial charge in [-0.1, -0.05) is 0 Å². The Kier molecular flexibility index (Phi) is 5.69. The molecule has 2 heterocycles. The maximum Gasteiger partial charge on any atom is 0.246 e. The highest BCUT2D eigenvalue weighted by Gasteiger charge is 2.24. The second-order valence-corrected chi connectivity index (χ2v) is 5.82. The molecule has 21 heavy (non-hydrogen) atoms. The molecule has 3 amide bonds. The monoisotopic (exact) mass is 297 g/mol. The van der Waals surface area contributed by atoms with E-state index in [9.17, 15) is 14.4 Å². The number of piperidine rings is 1. The first-order chi connectivity index (χ1) is 10.1. The zero-order valence-corrected chi connectivity index (χ0v) is 12.2. The Labute approximate surface area is 124 Å². The number of hydrogen-bond donors (Lipinski definition) is 2. The van der Waals surface area contributed by atoms with Crippen LogP contribution < -0.4 is 5.32 Å². The molecule has 0 radical (unpaired) electrons. The Bertz CT molecular complexity index is 413. The van der Waals surface area contributed by atoms with Crippen molar-refractivity contribution in [2.45, 2.75) is 25.7 Å². The lowest BCUT2D eigenvalue weighted by atomic mass is 9.99. The maximum absolute atomic E-state index is 11.8. The van der Waals surface area contributed by atoms with Crippen molar-refractivity contribution in [3.63, 3.8) is 0 Å². The molecule has 7 nitrogen and oxygen atoms in total. The minimum atomic E-state index is -0.425. The van der Waals surface area contributed by atoms with E-state index in [1.165, 1.54) is 4.90 Å². The van der Waals surface area contributed by atoms with E-state index in [0.29, 0.717) is 19.5 Å². The lowest BCUT2D eigenvalue weighted by Crippen LogP contribution is -2.47. The molecule has 118 valence electrons. The molecule has 1 unspecified atom stereocenters. The van der Waals surface area contributed by atoms with Gasteiger partial charge in [-0.25, -0.2) is 0 Å². The summed E-state index contributed by atoms with van der Waals surface area (Å²) in [6, 6.07) is 0. The van der Waals surface area contributed by atoms with Crippen LogP contribution in [0.15, 0.2) is 0 Å². The number of hydrogen-bond acceptors (Lipinski definition) is 5. The minimum Gasteiger partial charge on any atom is -0.396 e. The van der Waals surface area contributed by atoms with Crippen LogP contribution in [0.4, 0.5) is 0 Å². The molecule has 2 aliphatic rings. The van der Waals surface area contributed by atoms with Gasteiger partial charge in [0, 0.05) is 26.1 Å². The quantitative estimate of drug-likeness (QED) is 0.676. The van der Waals surface area contributed by atoms with Gasteiger partial charge in [-0.05, 0) is 31.7 Å². The molecule has 0 aromatic carbocycles. The summed E-state index contributed by atoms with van der Waals surface area (Å²) < 4.78 is 0. The molecule has 0 aromatic rings. The van der Waals surface area contributed by atoms with Crippen LogP contribution in [-0.2, 0) is 14.4 Å². The number of imide groups is 1. The molecule has 1 atom stereocenters. The van der Waals surface area contributed by atoms with Crippen LogP contribution in [0, 0.1) is 5.92 Å². The van der Waals surface area contributed by atoms with Crippen molar-refractivity contribution >= 4 is 17.7 Å². The van der Waals surface area contributed by atoms with Crippen LogP contribution >= 0.6 is 0 Å². The van der Waals surface area contributed by atoms with Crippen molar-refractivity contribution in [2.75, 3.05) is 39.3 Å². The van der Waals surface area contributed by atoms with Crippen molar-refractivity contribution in [1.82, 2.24) is 15.1 Å². The molecular formula is C14H23N3O4. The minimum absolute atomic E-state index is 0.0283. The fourth-order valence-corrected chi connectivity index (χ4v) is 2.93. The van der Waals surface area contributed by atoms with Gasteiger partial charge in [0.1, 0.15) is 0 Å². The second kappa shape index (κ2) is 7.51. The van der Waals surface area contributed by atoms with Crippen molar-refractivity contribution in [1.29, 1.82) is 0 Å². The van der Waals surface area contributed by atoms with Crippen LogP contribution in [0.1, 0.15) is 25.7 Å². The first kappa shape index (κ1) is 15.9. The summed E-state index contributed by atoms with van der Waals surface area (Å²) in [7, 11) is 0. The number of likely N-dealkylation sites (tertiary alicyclic amines) is 2. The number of nitrogens with zero attached hydrogens (tertiary/aromatic N) is 2. The average molecular weight is 297 g/mol. The van der Waals surface area contributed by atoms with Crippen molar-refractivity contribution in [2.24, 2.45) is 5.92 Å². The summed E-state index contributed by atoms with van der Waals surface area (Å²) in [4.78, 5) is 38.4. The molecule has 7 heteroatoms. The molecule has 2 rings (SSSR count). The van der Waals surface area contributed by atoms with Crippen LogP contribution in [0.2, 0.25) is 0 Å². The molecule has 2 N–H and O–H groups in total. The highest BCUT2D eigenvalue weighted by molar-refractivity contribution is 5.98. The maximum atomic E-state index is 11.8. The van der Waals surface area contributed by atoms with Gasteiger partial charge in [-0.2, -0.15) is 0 Å². The number of aliphatic hydroxyl groups is 1. The Hall–Kier alpha value is -1.47. The smallest absolute Gasteiger partial charge is 0.246 e. The van der Waals surface area contributed by atoms with E-state index >= 15 is 0 Å². The number of carbonyl (C=O) groups is 3. The van der Waals surface area contributed by atoms with Crippen LogP contribution in [0.3, 0.4) is 0 Å². The Morgan fingerprint density at radius 2 is 1.95 bits per heavy atom. The predicted molar refractivity (Wildman–Crippen MR) is 75.2 cm³/mol. The van der Waals surface area contributed by atoms with Crippen molar-refractivity contribution < 1.29 is 19.5 Å². The van der Waals surface area contributed by atoms with Gasteiger partial charge in [-0.3, -0.25) is 24.6 Å². The van der Waals surface area contributed by atoms with Gasteiger partial charge in [0.2, 0.25) is 17.7 Å². The van der Waals surface area contributed by atoms with E-state index in [0.717, 1.165) is 25.8 Å². The summed E-state index contributed by atoms with van der Waals surface area (Å²) in [6.45, 7) is 2.34. The molecule has 2 aliphatic heterocycles. The van der Waals surface area contributed by atoms with Gasteiger partial charge in [0.15, 0.2) is 0 Å². The lowest BCUT2D eigenvalue weighted by molar-refractivity contribution is -0.136. The molecular weight excluding hydrogens is 274 g/mol. The third kappa shape index (κ3) is 4.78. The normalized spacial score (nSPS) is 23.4. The van der Waals surface area contributed by atoms with Gasteiger partial charge in [0.05, 0.1) is 13.1 Å². The summed E-state index contributed by atoms with van der Waals surface area (Å²) in [6.07, 6.45) is 3.19. The van der Waals surface area contributed by atoms with Crippen LogP contribution in [-0.4, -0.2) is 72.0 Å². The SMILES string of the molecule is O=C(CN1CCCC(CO)C1)NC(=O)CN1CCCC1=O. The third-order valence-corrected chi connectivity index (χ3v) is 4.01. The van der Waals surface area contributed by atoms with Crippen LogP contribution in [0.25, 0.3) is 0 Å². The fraction of sp³-hybridized carbons (Fsp3) is 0.786. The molecule has 0 spiro atoms. The number of amides is 3. The molecule has 0 aliphatic carbocycles. The summed E-state index contributed by atoms with van der Waals surface area (Å²) in [5.41, 5.74) is 0. The largest absolute Gasteiger partial charge is 0.396 e. The van der Waals surface area contributed by atoms with Crippen molar-refractivity contribution in [3.8, 4) is 0 Å². The van der Waals surface area contributed by atoms with E-state index in [1.54, 1.807) is 0 Å². The highest BCUT2D eigenvalue weighted by atomic mass is 16.3. The zero-order chi connectivity index (χ0) is 15.2. The number of rotatable bonds is 5. The van der Waals surface area contributed by atoms with E-state index in [1.807, 2.05) is 4.90 Å². The standard InChI is InChI=1S/C14H23N3O4/c18-10-11-3-1-5-16(7-11)8-12(19)15-13(20)9-17-6-2-4-14(17)21/h11,18H,1-10H2,(H,15,19,20). The molecule has 0 aromatic heterocycles. The predicted octanol–water partition coefficient (Wildman–Crippen LogP) is -1.04. The molecule has 0 saturated carbocycles. The third-order valence-electron chi connectivity index (χ3n) is 4.01. The zero-order valence-electron chi connectivity index (χ0n) is 12.2. The van der Waals surface area contributed by atoms with Gasteiger partial charge < -0.3 is 10.0 Å². The number of nitrogens with one attached hydrogen (secondary N) is 1. The first-order valence-corrected chi connectivity index (χ1v) is 7.52. The summed E-state index contributed by atoms with van der Waals surface area (Å²) >= 11 is 0. The van der Waals surface area contributed by atoms with Gasteiger partial charge in [-0.15, -0.1) is 0 Å². The first-order valence-electron chi connectivity index (χ1n) is 7.52. The average Bonchev–Trinajstić information content (AvgIpc) is 2.84. The Balaban J connectivity index is 1.71. The summed E-state index contributed by atoms with van der Waals surface area (Å²) in [5.74, 6) is -0.583. The topological polar surface area (TPSA) is 90.0 Å². The van der Waals surface area contributed by atoms with Gasteiger partial charge >= 0.3 is 0 Å². The lowest BCUT2D eigenvalue weighted by Gasteiger charge is -2.31. The van der Waals surface area contributed by atoms with Crippen molar-refractivity contribution in [3.05, 3.63) is 0 Å². The summed E-state index contributed by atoms with van der Waals surface area (Å²) in [5, 5.41) is 11.5. The number of aliphatic hydroxyl groups excluding tert-OH is 1. The van der Waals surface area contributed by atoms with Gasteiger partial charge in [0.25, 0.3) is 0 Å². The van der Waals surface area contributed by atoms with E-state index in [2.05, 4.69) is 5.32 Å². The second-order valence-electron chi connectivity index (χ2n) is 5.82. The van der Waals surface area contributed by atoms with E-state index in [4.69, 9.17) is 5.11 Å². The fourth-order valence-electron chi connectivity index (χ4n) is 2.93. The molecule has 2 saturated heterocycles. The Morgan fingerprint density at radius 3 is 2.62 bits per heavy atom. The highest BCUT2D eigenvalue weighted by Crippen LogP contribution is 2.15.